The molecule has 0 spiro atoms. The number of nitrogens with zero attached hydrogens (tertiary/aromatic N) is 1. The number of rotatable bonds is 6. The van der Waals surface area contributed by atoms with Crippen molar-refractivity contribution in [3.8, 4) is 5.75 Å². The highest BCUT2D eigenvalue weighted by molar-refractivity contribution is 5.85. The van der Waals surface area contributed by atoms with Crippen LogP contribution in [0.15, 0.2) is 48.5 Å². The van der Waals surface area contributed by atoms with Crippen molar-refractivity contribution in [1.29, 1.82) is 0 Å². The number of likely N-dealkylation sites (N-methyl/N-ethyl adjacent to an activating group) is 1. The Balaban J connectivity index is 2.05. The largest absolute Gasteiger partial charge is 0.482 e. The van der Waals surface area contributed by atoms with Crippen LogP contribution in [0, 0.1) is 13.8 Å². The minimum atomic E-state index is -0.980. The topological polar surface area (TPSA) is 55.8 Å². The van der Waals surface area contributed by atoms with Crippen molar-refractivity contribution in [1.82, 2.24) is 4.90 Å². The second kappa shape index (κ2) is 8.33. The minimum absolute atomic E-state index is 0.257. The van der Waals surface area contributed by atoms with Gasteiger partial charge in [-0.05, 0) is 37.1 Å². The van der Waals surface area contributed by atoms with E-state index in [1.165, 1.54) is 4.90 Å². The number of benzene rings is 2. The predicted molar refractivity (Wildman–Crippen MR) is 95.4 cm³/mol. The Labute approximate surface area is 148 Å². The zero-order valence-electron chi connectivity index (χ0n) is 15.0. The molecular weight excluding hydrogens is 318 g/mol. The molecule has 132 valence electrons. The van der Waals surface area contributed by atoms with Gasteiger partial charge in [-0.2, -0.15) is 0 Å². The Kier molecular flexibility index (Phi) is 6.17. The molecule has 2 aromatic rings. The van der Waals surface area contributed by atoms with Gasteiger partial charge in [0.25, 0.3) is 5.91 Å². The summed E-state index contributed by atoms with van der Waals surface area (Å²) < 4.78 is 10.9. The van der Waals surface area contributed by atoms with Gasteiger partial charge in [-0.1, -0.05) is 36.4 Å². The molecule has 5 nitrogen and oxygen atoms in total. The number of carbonyl (C=O) groups excluding carboxylic acids is 2. The van der Waals surface area contributed by atoms with E-state index in [9.17, 15) is 9.59 Å². The first kappa shape index (κ1) is 18.5. The fourth-order valence-electron chi connectivity index (χ4n) is 2.45. The summed E-state index contributed by atoms with van der Waals surface area (Å²) in [6.07, 6.45) is -0.980. The molecule has 5 heteroatoms. The normalized spacial score (nSPS) is 11.5. The van der Waals surface area contributed by atoms with Crippen molar-refractivity contribution < 1.29 is 19.1 Å². The molecule has 0 radical (unpaired) electrons. The standard InChI is InChI=1S/C20H23NO4/c1-14-10-15(2)12-17(11-14)24-13-18(22)25-19(20(23)21(3)4)16-8-6-5-7-9-16/h5-12,19H,13H2,1-4H3/t19-/m0/s1. The third-order valence-electron chi connectivity index (χ3n) is 3.57. The Morgan fingerprint density at radius 1 is 1.00 bits per heavy atom. The van der Waals surface area contributed by atoms with Gasteiger partial charge >= 0.3 is 5.97 Å². The predicted octanol–water partition coefficient (Wildman–Crippen LogP) is 3.05. The minimum Gasteiger partial charge on any atom is -0.482 e. The lowest BCUT2D eigenvalue weighted by Crippen LogP contribution is -2.32. The monoisotopic (exact) mass is 341 g/mol. The summed E-state index contributed by atoms with van der Waals surface area (Å²) in [5.41, 5.74) is 2.72. The van der Waals surface area contributed by atoms with E-state index >= 15 is 0 Å². The summed E-state index contributed by atoms with van der Waals surface area (Å²) >= 11 is 0. The van der Waals surface area contributed by atoms with E-state index in [-0.39, 0.29) is 12.5 Å². The van der Waals surface area contributed by atoms with E-state index in [1.807, 2.05) is 38.1 Å². The Morgan fingerprint density at radius 3 is 2.16 bits per heavy atom. The van der Waals surface area contributed by atoms with Crippen LogP contribution in [-0.2, 0) is 14.3 Å². The van der Waals surface area contributed by atoms with Crippen molar-refractivity contribution in [3.63, 3.8) is 0 Å². The second-order valence-corrected chi connectivity index (χ2v) is 6.13. The van der Waals surface area contributed by atoms with Crippen LogP contribution in [0.3, 0.4) is 0 Å². The molecule has 0 saturated carbocycles. The maximum Gasteiger partial charge on any atom is 0.345 e. The zero-order valence-corrected chi connectivity index (χ0v) is 15.0. The fourth-order valence-corrected chi connectivity index (χ4v) is 2.45. The molecule has 2 rings (SSSR count). The SMILES string of the molecule is Cc1cc(C)cc(OCC(=O)O[C@H](C(=O)N(C)C)c2ccccc2)c1. The molecule has 0 bridgehead atoms. The molecule has 0 aliphatic heterocycles. The summed E-state index contributed by atoms with van der Waals surface area (Å²) in [6, 6.07) is 14.7. The second-order valence-electron chi connectivity index (χ2n) is 6.13. The number of carbonyl (C=O) groups is 2. The third-order valence-corrected chi connectivity index (χ3v) is 3.57. The lowest BCUT2D eigenvalue weighted by Gasteiger charge is -2.21. The van der Waals surface area contributed by atoms with Gasteiger partial charge in [-0.3, -0.25) is 4.79 Å². The van der Waals surface area contributed by atoms with E-state index < -0.39 is 12.1 Å². The Morgan fingerprint density at radius 2 is 1.60 bits per heavy atom. The molecule has 25 heavy (non-hydrogen) atoms. The molecule has 0 heterocycles. The molecule has 1 atom stereocenters. The first-order valence-corrected chi connectivity index (χ1v) is 8.03. The molecule has 0 unspecified atom stereocenters. The summed E-state index contributed by atoms with van der Waals surface area (Å²) in [4.78, 5) is 25.9. The fraction of sp³-hybridized carbons (Fsp3) is 0.300. The van der Waals surface area contributed by atoms with E-state index in [2.05, 4.69) is 0 Å². The number of ether oxygens (including phenoxy) is 2. The van der Waals surface area contributed by atoms with Gasteiger partial charge in [-0.25, -0.2) is 4.79 Å². The Bertz CT molecular complexity index is 720. The molecule has 0 saturated heterocycles. The van der Waals surface area contributed by atoms with Crippen molar-refractivity contribution >= 4 is 11.9 Å². The zero-order chi connectivity index (χ0) is 18.4. The van der Waals surface area contributed by atoms with Crippen LogP contribution >= 0.6 is 0 Å². The first-order chi connectivity index (χ1) is 11.9. The quantitative estimate of drug-likeness (QED) is 0.758. The van der Waals surface area contributed by atoms with Gasteiger partial charge in [0.05, 0.1) is 0 Å². The average Bonchev–Trinajstić information content (AvgIpc) is 2.57. The van der Waals surface area contributed by atoms with Crippen LogP contribution in [0.25, 0.3) is 0 Å². The van der Waals surface area contributed by atoms with Crippen LogP contribution in [-0.4, -0.2) is 37.5 Å². The number of aryl methyl sites for hydroxylation is 2. The van der Waals surface area contributed by atoms with Gasteiger partial charge in [-0.15, -0.1) is 0 Å². The van der Waals surface area contributed by atoms with Gasteiger partial charge in [0.2, 0.25) is 6.10 Å². The number of hydrogen-bond donors (Lipinski definition) is 0. The molecule has 0 aromatic heterocycles. The van der Waals surface area contributed by atoms with Gasteiger partial charge in [0.15, 0.2) is 6.61 Å². The summed E-state index contributed by atoms with van der Waals surface area (Å²) in [6.45, 7) is 3.66. The first-order valence-electron chi connectivity index (χ1n) is 8.03. The molecule has 1 amide bonds. The summed E-state index contributed by atoms with van der Waals surface area (Å²) in [5, 5.41) is 0. The maximum atomic E-state index is 12.4. The van der Waals surface area contributed by atoms with Crippen LogP contribution in [0.5, 0.6) is 5.75 Å². The van der Waals surface area contributed by atoms with Crippen molar-refractivity contribution in [2.45, 2.75) is 20.0 Å². The highest BCUT2D eigenvalue weighted by atomic mass is 16.6. The summed E-state index contributed by atoms with van der Waals surface area (Å²) in [5.74, 6) is -0.293. The summed E-state index contributed by atoms with van der Waals surface area (Å²) in [7, 11) is 3.25. The third kappa shape index (κ3) is 5.35. The molecule has 2 aromatic carbocycles. The van der Waals surface area contributed by atoms with Crippen molar-refractivity contribution in [2.24, 2.45) is 0 Å². The molecule has 0 fully saturated rings. The highest BCUT2D eigenvalue weighted by Gasteiger charge is 2.26. The Hall–Kier alpha value is -2.82. The van der Waals surface area contributed by atoms with Gasteiger partial charge in [0, 0.05) is 19.7 Å². The lowest BCUT2D eigenvalue weighted by atomic mass is 10.1. The van der Waals surface area contributed by atoms with Gasteiger partial charge < -0.3 is 14.4 Å². The maximum absolute atomic E-state index is 12.4. The lowest BCUT2D eigenvalue weighted by molar-refractivity contribution is -0.161. The highest BCUT2D eigenvalue weighted by Crippen LogP contribution is 2.20. The number of amides is 1. The average molecular weight is 341 g/mol. The van der Waals surface area contributed by atoms with Crippen LogP contribution in [0.4, 0.5) is 0 Å². The number of esters is 1. The van der Waals surface area contributed by atoms with E-state index in [0.717, 1.165) is 11.1 Å². The molecular formula is C20H23NO4. The van der Waals surface area contributed by atoms with Crippen LogP contribution in [0.1, 0.15) is 22.8 Å². The van der Waals surface area contributed by atoms with Gasteiger partial charge in [0.1, 0.15) is 5.75 Å². The van der Waals surface area contributed by atoms with Crippen molar-refractivity contribution in [2.75, 3.05) is 20.7 Å². The van der Waals surface area contributed by atoms with E-state index in [0.29, 0.717) is 11.3 Å². The van der Waals surface area contributed by atoms with E-state index in [1.54, 1.807) is 38.4 Å². The molecule has 0 aliphatic rings. The van der Waals surface area contributed by atoms with E-state index in [4.69, 9.17) is 9.47 Å². The number of hydrogen-bond acceptors (Lipinski definition) is 4. The van der Waals surface area contributed by atoms with Crippen LogP contribution in [0.2, 0.25) is 0 Å². The smallest absolute Gasteiger partial charge is 0.345 e. The van der Waals surface area contributed by atoms with Crippen molar-refractivity contribution in [3.05, 3.63) is 65.2 Å². The molecule has 0 N–H and O–H groups in total. The molecule has 0 aliphatic carbocycles. The van der Waals surface area contributed by atoms with Crippen LogP contribution < -0.4 is 4.74 Å².